The lowest BCUT2D eigenvalue weighted by Crippen LogP contribution is -2.45. The van der Waals surface area contributed by atoms with Crippen LogP contribution < -0.4 is 5.32 Å². The predicted octanol–water partition coefficient (Wildman–Crippen LogP) is 1.74. The molecule has 0 aromatic heterocycles. The third-order valence-electron chi connectivity index (χ3n) is 3.35. The molecule has 1 fully saturated rings. The maximum atomic E-state index is 13.4. The Morgan fingerprint density at radius 3 is 2.74 bits per heavy atom. The first-order chi connectivity index (χ1) is 9.09. The van der Waals surface area contributed by atoms with Gasteiger partial charge < -0.3 is 10.4 Å². The Morgan fingerprint density at radius 2 is 2.05 bits per heavy atom. The van der Waals surface area contributed by atoms with Crippen LogP contribution in [0.4, 0.5) is 4.39 Å². The standard InChI is InChI=1S/C14H18FNO2S/c15-12-4-2-1-3-11(12)9-13(17)16-10-14(18)5-7-19-8-6-14/h1-4,18H,5-10H2,(H,16,17). The summed E-state index contributed by atoms with van der Waals surface area (Å²) in [5.41, 5.74) is -0.415. The van der Waals surface area contributed by atoms with Crippen molar-refractivity contribution in [1.82, 2.24) is 5.32 Å². The van der Waals surface area contributed by atoms with Gasteiger partial charge in [-0.05, 0) is 36.0 Å². The molecule has 3 nitrogen and oxygen atoms in total. The van der Waals surface area contributed by atoms with E-state index in [0.29, 0.717) is 18.4 Å². The van der Waals surface area contributed by atoms with Crippen LogP contribution in [-0.4, -0.2) is 34.7 Å². The Morgan fingerprint density at radius 1 is 1.37 bits per heavy atom. The minimum Gasteiger partial charge on any atom is -0.388 e. The van der Waals surface area contributed by atoms with Gasteiger partial charge >= 0.3 is 0 Å². The summed E-state index contributed by atoms with van der Waals surface area (Å²) in [6.07, 6.45) is 1.40. The molecule has 0 unspecified atom stereocenters. The quantitative estimate of drug-likeness (QED) is 0.885. The molecule has 1 aliphatic heterocycles. The summed E-state index contributed by atoms with van der Waals surface area (Å²) in [5, 5.41) is 12.9. The molecule has 2 N–H and O–H groups in total. The molecule has 0 saturated carbocycles. The molecule has 1 aliphatic rings. The van der Waals surface area contributed by atoms with Crippen LogP contribution in [0.3, 0.4) is 0 Å². The monoisotopic (exact) mass is 283 g/mol. The van der Waals surface area contributed by atoms with Crippen LogP contribution in [0.5, 0.6) is 0 Å². The number of hydrogen-bond donors (Lipinski definition) is 2. The van der Waals surface area contributed by atoms with Crippen LogP contribution in [0.2, 0.25) is 0 Å². The number of amides is 1. The first-order valence-corrected chi connectivity index (χ1v) is 7.55. The van der Waals surface area contributed by atoms with Crippen molar-refractivity contribution in [2.75, 3.05) is 18.1 Å². The maximum absolute atomic E-state index is 13.4. The highest BCUT2D eigenvalue weighted by molar-refractivity contribution is 7.99. The van der Waals surface area contributed by atoms with Crippen molar-refractivity contribution in [2.45, 2.75) is 24.9 Å². The average molecular weight is 283 g/mol. The Bertz CT molecular complexity index is 447. The summed E-state index contributed by atoms with van der Waals surface area (Å²) < 4.78 is 13.4. The highest BCUT2D eigenvalue weighted by Gasteiger charge is 2.29. The molecule has 0 aliphatic carbocycles. The third-order valence-corrected chi connectivity index (χ3v) is 4.33. The van der Waals surface area contributed by atoms with Crippen molar-refractivity contribution in [3.8, 4) is 0 Å². The van der Waals surface area contributed by atoms with Crippen molar-refractivity contribution < 1.29 is 14.3 Å². The lowest BCUT2D eigenvalue weighted by Gasteiger charge is -2.31. The topological polar surface area (TPSA) is 49.3 Å². The highest BCUT2D eigenvalue weighted by Crippen LogP contribution is 2.26. The fraction of sp³-hybridized carbons (Fsp3) is 0.500. The van der Waals surface area contributed by atoms with E-state index < -0.39 is 5.60 Å². The molecule has 19 heavy (non-hydrogen) atoms. The van der Waals surface area contributed by atoms with E-state index in [2.05, 4.69) is 5.32 Å². The molecule has 1 aromatic rings. The zero-order valence-corrected chi connectivity index (χ0v) is 11.5. The van der Waals surface area contributed by atoms with Crippen LogP contribution in [-0.2, 0) is 11.2 Å². The van der Waals surface area contributed by atoms with Crippen molar-refractivity contribution in [3.05, 3.63) is 35.6 Å². The van der Waals surface area contributed by atoms with E-state index in [1.54, 1.807) is 18.2 Å². The molecule has 1 saturated heterocycles. The first-order valence-electron chi connectivity index (χ1n) is 6.39. The van der Waals surface area contributed by atoms with Crippen LogP contribution in [0.25, 0.3) is 0 Å². The summed E-state index contributed by atoms with van der Waals surface area (Å²) in [4.78, 5) is 11.8. The molecular weight excluding hydrogens is 265 g/mol. The van der Waals surface area contributed by atoms with E-state index in [9.17, 15) is 14.3 Å². The largest absolute Gasteiger partial charge is 0.388 e. The van der Waals surface area contributed by atoms with Gasteiger partial charge in [-0.2, -0.15) is 11.8 Å². The lowest BCUT2D eigenvalue weighted by molar-refractivity contribution is -0.121. The number of aliphatic hydroxyl groups is 1. The van der Waals surface area contributed by atoms with E-state index >= 15 is 0 Å². The van der Waals surface area contributed by atoms with Gasteiger partial charge in [0.05, 0.1) is 12.0 Å². The van der Waals surface area contributed by atoms with Crippen LogP contribution in [0.1, 0.15) is 18.4 Å². The minimum absolute atomic E-state index is 0.0114. The van der Waals surface area contributed by atoms with Crippen LogP contribution >= 0.6 is 11.8 Å². The minimum atomic E-state index is -0.795. The third kappa shape index (κ3) is 4.21. The normalized spacial score (nSPS) is 18.0. The lowest BCUT2D eigenvalue weighted by atomic mass is 9.97. The van der Waals surface area contributed by atoms with E-state index in [0.717, 1.165) is 11.5 Å². The molecule has 0 radical (unpaired) electrons. The van der Waals surface area contributed by atoms with E-state index in [-0.39, 0.29) is 24.7 Å². The van der Waals surface area contributed by atoms with Gasteiger partial charge in [0.1, 0.15) is 5.82 Å². The van der Waals surface area contributed by atoms with E-state index in [4.69, 9.17) is 0 Å². The number of benzene rings is 1. The van der Waals surface area contributed by atoms with Gasteiger partial charge in [0, 0.05) is 6.54 Å². The predicted molar refractivity (Wildman–Crippen MR) is 74.6 cm³/mol. The van der Waals surface area contributed by atoms with E-state index in [1.807, 2.05) is 11.8 Å². The van der Waals surface area contributed by atoms with Gasteiger partial charge in [-0.3, -0.25) is 4.79 Å². The van der Waals surface area contributed by atoms with Crippen molar-refractivity contribution >= 4 is 17.7 Å². The zero-order valence-electron chi connectivity index (χ0n) is 10.7. The Kier molecular flexibility index (Phi) is 4.82. The van der Waals surface area contributed by atoms with Crippen molar-refractivity contribution in [2.24, 2.45) is 0 Å². The Labute approximate surface area is 116 Å². The molecule has 5 heteroatoms. The number of carbonyl (C=O) groups is 1. The zero-order chi connectivity index (χ0) is 13.7. The summed E-state index contributed by atoms with van der Waals surface area (Å²) >= 11 is 1.81. The fourth-order valence-electron chi connectivity index (χ4n) is 2.07. The number of hydrogen-bond acceptors (Lipinski definition) is 3. The van der Waals surface area contributed by atoms with Gasteiger partial charge in [-0.25, -0.2) is 4.39 Å². The van der Waals surface area contributed by atoms with Crippen LogP contribution in [0.15, 0.2) is 24.3 Å². The second-order valence-corrected chi connectivity index (χ2v) is 6.11. The molecule has 0 spiro atoms. The average Bonchev–Trinajstić information content (AvgIpc) is 2.40. The maximum Gasteiger partial charge on any atom is 0.224 e. The molecule has 1 heterocycles. The van der Waals surface area contributed by atoms with E-state index in [1.165, 1.54) is 6.07 Å². The SMILES string of the molecule is O=C(Cc1ccccc1F)NCC1(O)CCSCC1. The van der Waals surface area contributed by atoms with Gasteiger partial charge in [0.15, 0.2) is 0 Å². The number of halogens is 1. The molecular formula is C14H18FNO2S. The van der Waals surface area contributed by atoms with Crippen LogP contribution in [0, 0.1) is 5.82 Å². The smallest absolute Gasteiger partial charge is 0.224 e. The molecule has 0 atom stereocenters. The van der Waals surface area contributed by atoms with Gasteiger partial charge in [-0.1, -0.05) is 18.2 Å². The first kappa shape index (κ1) is 14.3. The molecule has 1 aromatic carbocycles. The second-order valence-electron chi connectivity index (χ2n) is 4.88. The number of carbonyl (C=O) groups excluding carboxylic acids is 1. The second kappa shape index (κ2) is 6.39. The van der Waals surface area contributed by atoms with Gasteiger partial charge in [0.2, 0.25) is 5.91 Å². The van der Waals surface area contributed by atoms with Gasteiger partial charge in [-0.15, -0.1) is 0 Å². The highest BCUT2D eigenvalue weighted by atomic mass is 32.2. The van der Waals surface area contributed by atoms with Gasteiger partial charge in [0.25, 0.3) is 0 Å². The summed E-state index contributed by atoms with van der Waals surface area (Å²) in [6.45, 7) is 0.251. The molecule has 0 bridgehead atoms. The summed E-state index contributed by atoms with van der Waals surface area (Å²) in [5.74, 6) is 1.21. The number of nitrogens with one attached hydrogen (secondary N) is 1. The molecule has 1 amide bonds. The Hall–Kier alpha value is -1.07. The summed E-state index contributed by atoms with van der Waals surface area (Å²) in [6, 6.07) is 6.24. The Balaban J connectivity index is 1.83. The van der Waals surface area contributed by atoms with Crippen molar-refractivity contribution in [3.63, 3.8) is 0 Å². The summed E-state index contributed by atoms with van der Waals surface area (Å²) in [7, 11) is 0. The number of rotatable bonds is 4. The number of thioether (sulfide) groups is 1. The van der Waals surface area contributed by atoms with Crippen molar-refractivity contribution in [1.29, 1.82) is 0 Å². The molecule has 104 valence electrons. The fourth-order valence-corrected chi connectivity index (χ4v) is 3.32. The molecule has 2 rings (SSSR count).